The molecule has 0 radical (unpaired) electrons. The second kappa shape index (κ2) is 10.2. The first-order valence-electron chi connectivity index (χ1n) is 11.2. The van der Waals surface area contributed by atoms with Crippen molar-refractivity contribution in [2.75, 3.05) is 37.0 Å². The minimum absolute atomic E-state index is 0.131. The Morgan fingerprint density at radius 2 is 1.39 bits per heavy atom. The average Bonchev–Trinajstić information content (AvgIpc) is 2.88. The molecule has 33 heavy (non-hydrogen) atoms. The van der Waals surface area contributed by atoms with Gasteiger partial charge in [-0.15, -0.1) is 0 Å². The lowest BCUT2D eigenvalue weighted by Gasteiger charge is -2.35. The van der Waals surface area contributed by atoms with Crippen molar-refractivity contribution in [2.45, 2.75) is 18.4 Å². The molecule has 1 fully saturated rings. The van der Waals surface area contributed by atoms with Crippen LogP contribution in [0.4, 0.5) is 5.69 Å². The van der Waals surface area contributed by atoms with Crippen LogP contribution in [0.1, 0.15) is 22.8 Å². The van der Waals surface area contributed by atoms with Crippen molar-refractivity contribution in [3.8, 4) is 0 Å². The van der Waals surface area contributed by atoms with Crippen molar-refractivity contribution in [3.63, 3.8) is 0 Å². The first-order valence-corrected chi connectivity index (χ1v) is 12.7. The monoisotopic (exact) mass is 463 g/mol. The van der Waals surface area contributed by atoms with Gasteiger partial charge in [0.1, 0.15) is 0 Å². The van der Waals surface area contributed by atoms with Gasteiger partial charge in [-0.25, -0.2) is 8.42 Å². The van der Waals surface area contributed by atoms with Crippen LogP contribution in [0.15, 0.2) is 89.8 Å². The zero-order valence-corrected chi connectivity index (χ0v) is 19.6. The number of carbonyl (C=O) groups is 1. The van der Waals surface area contributed by atoms with Crippen LogP contribution in [-0.4, -0.2) is 56.8 Å². The van der Waals surface area contributed by atoms with Crippen molar-refractivity contribution in [1.82, 2.24) is 9.80 Å². The lowest BCUT2D eigenvalue weighted by atomic mass is 10.1. The van der Waals surface area contributed by atoms with E-state index in [0.717, 1.165) is 25.2 Å². The van der Waals surface area contributed by atoms with E-state index in [0.29, 0.717) is 24.3 Å². The fourth-order valence-corrected chi connectivity index (χ4v) is 5.57. The molecule has 0 spiro atoms. The van der Waals surface area contributed by atoms with E-state index in [1.807, 2.05) is 35.2 Å². The Labute approximate surface area is 196 Å². The maximum atomic E-state index is 13.8. The van der Waals surface area contributed by atoms with Gasteiger partial charge >= 0.3 is 0 Å². The van der Waals surface area contributed by atoms with Crippen molar-refractivity contribution >= 4 is 21.6 Å². The molecule has 0 unspecified atom stereocenters. The summed E-state index contributed by atoms with van der Waals surface area (Å²) in [6.07, 6.45) is 0. The van der Waals surface area contributed by atoms with Gasteiger partial charge in [0.25, 0.3) is 15.9 Å². The fraction of sp³-hybridized carbons (Fsp3) is 0.269. The third kappa shape index (κ3) is 5.10. The van der Waals surface area contributed by atoms with Crippen LogP contribution in [0.3, 0.4) is 0 Å². The molecule has 172 valence electrons. The number of likely N-dealkylation sites (N-methyl/N-ethyl adjacent to an activating group) is 1. The lowest BCUT2D eigenvalue weighted by molar-refractivity contribution is 0.0644. The molecule has 1 heterocycles. The van der Waals surface area contributed by atoms with Crippen LogP contribution >= 0.6 is 0 Å². The molecule has 0 saturated carbocycles. The summed E-state index contributed by atoms with van der Waals surface area (Å²) in [7, 11) is -3.90. The number of rotatable bonds is 7. The first kappa shape index (κ1) is 23.0. The number of anilines is 1. The number of sulfonamides is 1. The summed E-state index contributed by atoms with van der Waals surface area (Å²) in [6, 6.07) is 24.8. The minimum atomic E-state index is -3.90. The number of hydrogen-bond acceptors (Lipinski definition) is 4. The summed E-state index contributed by atoms with van der Waals surface area (Å²) >= 11 is 0. The van der Waals surface area contributed by atoms with Crippen molar-refractivity contribution in [3.05, 3.63) is 96.1 Å². The highest BCUT2D eigenvalue weighted by atomic mass is 32.2. The fourth-order valence-electron chi connectivity index (χ4n) is 4.08. The molecule has 1 aliphatic rings. The molecule has 6 nitrogen and oxygen atoms in total. The van der Waals surface area contributed by atoms with Gasteiger partial charge in [0, 0.05) is 26.2 Å². The molecule has 4 rings (SSSR count). The SMILES string of the molecule is CCN1CCN(C(=O)c2ccccc2N(Cc2ccccc2)S(=O)(=O)c2ccccc2)CC1. The molecule has 0 aromatic heterocycles. The van der Waals surface area contributed by atoms with Gasteiger partial charge in [-0.05, 0) is 36.4 Å². The predicted octanol–water partition coefficient (Wildman–Crippen LogP) is 3.86. The molecule has 7 heteroatoms. The van der Waals surface area contributed by atoms with E-state index in [1.165, 1.54) is 4.31 Å². The summed E-state index contributed by atoms with van der Waals surface area (Å²) in [6.45, 7) is 6.10. The quantitative estimate of drug-likeness (QED) is 0.534. The largest absolute Gasteiger partial charge is 0.336 e. The topological polar surface area (TPSA) is 60.9 Å². The highest BCUT2D eigenvalue weighted by Gasteiger charge is 2.30. The summed E-state index contributed by atoms with van der Waals surface area (Å²) in [4.78, 5) is 17.8. The number of benzene rings is 3. The van der Waals surface area contributed by atoms with E-state index in [2.05, 4.69) is 11.8 Å². The second-order valence-corrected chi connectivity index (χ2v) is 9.92. The molecule has 0 aliphatic carbocycles. The third-order valence-electron chi connectivity index (χ3n) is 6.01. The van der Waals surface area contributed by atoms with Crippen LogP contribution in [0.25, 0.3) is 0 Å². The van der Waals surface area contributed by atoms with Gasteiger partial charge in [0.15, 0.2) is 0 Å². The molecule has 3 aromatic carbocycles. The highest BCUT2D eigenvalue weighted by Crippen LogP contribution is 2.30. The number of hydrogen-bond donors (Lipinski definition) is 0. The van der Waals surface area contributed by atoms with Gasteiger partial charge in [-0.3, -0.25) is 9.10 Å². The Bertz CT molecular complexity index is 1180. The van der Waals surface area contributed by atoms with Gasteiger partial charge in [0.2, 0.25) is 0 Å². The molecular weight excluding hydrogens is 434 g/mol. The third-order valence-corrected chi connectivity index (χ3v) is 7.78. The van der Waals surface area contributed by atoms with E-state index in [4.69, 9.17) is 0 Å². The Kier molecular flexibility index (Phi) is 7.11. The number of nitrogens with zero attached hydrogens (tertiary/aromatic N) is 3. The Hall–Kier alpha value is -3.16. The molecule has 0 atom stereocenters. The number of piperazine rings is 1. The summed E-state index contributed by atoms with van der Waals surface area (Å²) in [5.74, 6) is -0.136. The minimum Gasteiger partial charge on any atom is -0.336 e. The lowest BCUT2D eigenvalue weighted by Crippen LogP contribution is -2.48. The van der Waals surface area contributed by atoms with Crippen molar-refractivity contribution in [1.29, 1.82) is 0 Å². The summed E-state index contributed by atoms with van der Waals surface area (Å²) < 4.78 is 28.9. The zero-order valence-electron chi connectivity index (χ0n) is 18.8. The van der Waals surface area contributed by atoms with E-state index in [9.17, 15) is 13.2 Å². The van der Waals surface area contributed by atoms with E-state index in [1.54, 1.807) is 54.6 Å². The van der Waals surface area contributed by atoms with Crippen LogP contribution in [0.5, 0.6) is 0 Å². The summed E-state index contributed by atoms with van der Waals surface area (Å²) in [5, 5.41) is 0. The molecule has 0 bridgehead atoms. The van der Waals surface area contributed by atoms with Crippen LogP contribution < -0.4 is 4.31 Å². The standard InChI is InChI=1S/C26H29N3O3S/c1-2-27-17-19-28(20-18-27)26(30)24-15-9-10-16-25(24)29(21-22-11-5-3-6-12-22)33(31,32)23-13-7-4-8-14-23/h3-16H,2,17-21H2,1H3. The normalized spacial score (nSPS) is 14.8. The number of carbonyl (C=O) groups excluding carboxylic acids is 1. The number of amides is 1. The van der Waals surface area contributed by atoms with Crippen LogP contribution in [0.2, 0.25) is 0 Å². The van der Waals surface area contributed by atoms with Crippen LogP contribution in [-0.2, 0) is 16.6 Å². The Morgan fingerprint density at radius 3 is 2.03 bits per heavy atom. The van der Waals surface area contributed by atoms with Crippen LogP contribution in [0, 0.1) is 0 Å². The van der Waals surface area contributed by atoms with Crippen molar-refractivity contribution in [2.24, 2.45) is 0 Å². The maximum Gasteiger partial charge on any atom is 0.264 e. The second-order valence-electron chi connectivity index (χ2n) is 8.05. The molecule has 3 aromatic rings. The van der Waals surface area contributed by atoms with Crippen molar-refractivity contribution < 1.29 is 13.2 Å². The van der Waals surface area contributed by atoms with Gasteiger partial charge in [-0.2, -0.15) is 0 Å². The average molecular weight is 464 g/mol. The Morgan fingerprint density at radius 1 is 0.818 bits per heavy atom. The van der Waals surface area contributed by atoms with E-state index < -0.39 is 10.0 Å². The van der Waals surface area contributed by atoms with Gasteiger partial charge < -0.3 is 9.80 Å². The molecule has 1 aliphatic heterocycles. The van der Waals surface area contributed by atoms with E-state index in [-0.39, 0.29) is 17.3 Å². The zero-order chi connectivity index (χ0) is 23.3. The maximum absolute atomic E-state index is 13.8. The molecule has 1 amide bonds. The number of para-hydroxylation sites is 1. The Balaban J connectivity index is 1.74. The molecular formula is C26H29N3O3S. The molecule has 0 N–H and O–H groups in total. The highest BCUT2D eigenvalue weighted by molar-refractivity contribution is 7.92. The van der Waals surface area contributed by atoms with Gasteiger partial charge in [-0.1, -0.05) is 67.6 Å². The van der Waals surface area contributed by atoms with E-state index >= 15 is 0 Å². The first-order chi connectivity index (χ1) is 16.0. The summed E-state index contributed by atoms with van der Waals surface area (Å²) in [5.41, 5.74) is 1.64. The smallest absolute Gasteiger partial charge is 0.264 e. The van der Waals surface area contributed by atoms with Gasteiger partial charge in [0.05, 0.1) is 22.7 Å². The molecule has 1 saturated heterocycles. The predicted molar refractivity (Wildman–Crippen MR) is 131 cm³/mol.